The van der Waals surface area contributed by atoms with E-state index in [0.29, 0.717) is 6.17 Å². The molecule has 3 heteroatoms. The lowest BCUT2D eigenvalue weighted by Crippen LogP contribution is -2.44. The number of hydrogen-bond donors (Lipinski definition) is 2. The van der Waals surface area contributed by atoms with Gasteiger partial charge in [-0.3, -0.25) is 10.3 Å². The molecule has 0 aliphatic carbocycles. The van der Waals surface area contributed by atoms with Crippen LogP contribution in [0.4, 0.5) is 0 Å². The first-order valence-electron chi connectivity index (χ1n) is 5.31. The van der Waals surface area contributed by atoms with Gasteiger partial charge in [0.2, 0.25) is 0 Å². The highest BCUT2D eigenvalue weighted by Gasteiger charge is 2.10. The maximum atomic E-state index is 4.09. The largest absolute Gasteiger partial charge is 0.302 e. The fraction of sp³-hybridized carbons (Fsp3) is 0.545. The maximum absolute atomic E-state index is 4.09. The fourth-order valence-corrected chi connectivity index (χ4v) is 1.77. The zero-order valence-electron chi connectivity index (χ0n) is 8.37. The molecule has 1 aliphatic heterocycles. The minimum absolute atomic E-state index is 0.490. The standard InChI is InChI=1S/C11H17N3/c1-2-7-13-11(5-1)14-9-10-4-3-6-12-8-10/h3-4,6,8,11,13-14H,1-2,5,7,9H2. The molecule has 2 N–H and O–H groups in total. The summed E-state index contributed by atoms with van der Waals surface area (Å²) in [4.78, 5) is 4.09. The summed E-state index contributed by atoms with van der Waals surface area (Å²) >= 11 is 0. The zero-order valence-corrected chi connectivity index (χ0v) is 8.37. The monoisotopic (exact) mass is 191 g/mol. The average molecular weight is 191 g/mol. The topological polar surface area (TPSA) is 37.0 Å². The lowest BCUT2D eigenvalue weighted by atomic mass is 10.1. The van der Waals surface area contributed by atoms with Gasteiger partial charge in [0.15, 0.2) is 0 Å². The molecule has 0 bridgehead atoms. The van der Waals surface area contributed by atoms with Crippen molar-refractivity contribution in [1.29, 1.82) is 0 Å². The van der Waals surface area contributed by atoms with E-state index >= 15 is 0 Å². The van der Waals surface area contributed by atoms with Crippen molar-refractivity contribution in [2.45, 2.75) is 32.0 Å². The smallest absolute Gasteiger partial charge is 0.0574 e. The van der Waals surface area contributed by atoms with Crippen molar-refractivity contribution in [3.63, 3.8) is 0 Å². The van der Waals surface area contributed by atoms with E-state index in [9.17, 15) is 0 Å². The third kappa shape index (κ3) is 2.79. The normalized spacial score (nSPS) is 22.1. The van der Waals surface area contributed by atoms with Crippen molar-refractivity contribution in [2.75, 3.05) is 6.54 Å². The van der Waals surface area contributed by atoms with Gasteiger partial charge in [0.05, 0.1) is 6.17 Å². The Morgan fingerprint density at radius 3 is 3.21 bits per heavy atom. The number of nitrogens with one attached hydrogen (secondary N) is 2. The molecule has 0 spiro atoms. The second-order valence-electron chi connectivity index (χ2n) is 3.74. The number of pyridine rings is 1. The minimum Gasteiger partial charge on any atom is -0.302 e. The van der Waals surface area contributed by atoms with Gasteiger partial charge >= 0.3 is 0 Å². The Hall–Kier alpha value is -0.930. The van der Waals surface area contributed by atoms with Gasteiger partial charge in [-0.1, -0.05) is 6.07 Å². The number of nitrogens with zero attached hydrogens (tertiary/aromatic N) is 1. The second kappa shape index (κ2) is 5.08. The van der Waals surface area contributed by atoms with E-state index in [1.165, 1.54) is 24.8 Å². The first-order valence-corrected chi connectivity index (χ1v) is 5.31. The summed E-state index contributed by atoms with van der Waals surface area (Å²) < 4.78 is 0. The molecule has 1 aromatic heterocycles. The summed E-state index contributed by atoms with van der Waals surface area (Å²) in [6, 6.07) is 4.08. The molecule has 1 fully saturated rings. The summed E-state index contributed by atoms with van der Waals surface area (Å²) in [7, 11) is 0. The van der Waals surface area contributed by atoms with Crippen LogP contribution in [0.5, 0.6) is 0 Å². The van der Waals surface area contributed by atoms with Crippen molar-refractivity contribution < 1.29 is 0 Å². The highest BCUT2D eigenvalue weighted by Crippen LogP contribution is 2.05. The Morgan fingerprint density at radius 1 is 1.50 bits per heavy atom. The summed E-state index contributed by atoms with van der Waals surface area (Å²) in [6.45, 7) is 2.05. The molecular weight excluding hydrogens is 174 g/mol. The Kier molecular flexibility index (Phi) is 3.49. The van der Waals surface area contributed by atoms with E-state index in [4.69, 9.17) is 0 Å². The Morgan fingerprint density at radius 2 is 2.50 bits per heavy atom. The predicted octanol–water partition coefficient (Wildman–Crippen LogP) is 1.27. The van der Waals surface area contributed by atoms with Crippen LogP contribution in [0.25, 0.3) is 0 Å². The van der Waals surface area contributed by atoms with E-state index in [2.05, 4.69) is 21.7 Å². The summed E-state index contributed by atoms with van der Waals surface area (Å²) in [5.41, 5.74) is 1.25. The van der Waals surface area contributed by atoms with Crippen LogP contribution < -0.4 is 10.6 Å². The number of hydrogen-bond acceptors (Lipinski definition) is 3. The van der Waals surface area contributed by atoms with Crippen LogP contribution in [0.15, 0.2) is 24.5 Å². The molecule has 2 rings (SSSR count). The van der Waals surface area contributed by atoms with Crippen LogP contribution in [-0.2, 0) is 6.54 Å². The predicted molar refractivity (Wildman–Crippen MR) is 56.7 cm³/mol. The minimum atomic E-state index is 0.490. The van der Waals surface area contributed by atoms with Gasteiger partial charge in [-0.15, -0.1) is 0 Å². The van der Waals surface area contributed by atoms with Gasteiger partial charge in [-0.05, 0) is 37.4 Å². The van der Waals surface area contributed by atoms with Crippen molar-refractivity contribution in [2.24, 2.45) is 0 Å². The zero-order chi connectivity index (χ0) is 9.64. The maximum Gasteiger partial charge on any atom is 0.0574 e. The number of piperidine rings is 1. The molecule has 76 valence electrons. The molecule has 1 unspecified atom stereocenters. The van der Waals surface area contributed by atoms with Crippen molar-refractivity contribution in [1.82, 2.24) is 15.6 Å². The van der Waals surface area contributed by atoms with Crippen molar-refractivity contribution in [3.8, 4) is 0 Å². The number of aromatic nitrogens is 1. The van der Waals surface area contributed by atoms with E-state index in [1.54, 1.807) is 0 Å². The SMILES string of the molecule is c1cncc(CNC2CCCCN2)c1. The van der Waals surface area contributed by atoms with Gasteiger partial charge in [0.25, 0.3) is 0 Å². The Balaban J connectivity index is 1.76. The molecular formula is C11H17N3. The van der Waals surface area contributed by atoms with Gasteiger partial charge in [-0.25, -0.2) is 0 Å². The lowest BCUT2D eigenvalue weighted by molar-refractivity contribution is 0.342. The Labute approximate surface area is 84.9 Å². The van der Waals surface area contributed by atoms with Crippen LogP contribution in [0.2, 0.25) is 0 Å². The second-order valence-corrected chi connectivity index (χ2v) is 3.74. The quantitative estimate of drug-likeness (QED) is 0.755. The number of rotatable bonds is 3. The van der Waals surface area contributed by atoms with E-state index in [0.717, 1.165) is 13.1 Å². The first-order chi connectivity index (χ1) is 6.95. The summed E-state index contributed by atoms with van der Waals surface area (Å²) in [5.74, 6) is 0. The highest BCUT2D eigenvalue weighted by atomic mass is 15.1. The van der Waals surface area contributed by atoms with Gasteiger partial charge in [-0.2, -0.15) is 0 Å². The molecule has 0 aromatic carbocycles. The van der Waals surface area contributed by atoms with Crippen LogP contribution in [0.1, 0.15) is 24.8 Å². The molecule has 0 amide bonds. The lowest BCUT2D eigenvalue weighted by Gasteiger charge is -2.24. The third-order valence-corrected chi connectivity index (χ3v) is 2.59. The van der Waals surface area contributed by atoms with E-state index in [-0.39, 0.29) is 0 Å². The molecule has 1 saturated heterocycles. The van der Waals surface area contributed by atoms with Crippen LogP contribution >= 0.6 is 0 Å². The van der Waals surface area contributed by atoms with Gasteiger partial charge < -0.3 is 5.32 Å². The van der Waals surface area contributed by atoms with Crippen molar-refractivity contribution in [3.05, 3.63) is 30.1 Å². The molecule has 3 nitrogen and oxygen atoms in total. The summed E-state index contributed by atoms with van der Waals surface area (Å²) in [5, 5.41) is 6.94. The van der Waals surface area contributed by atoms with Crippen LogP contribution in [0.3, 0.4) is 0 Å². The molecule has 0 radical (unpaired) electrons. The fourth-order valence-electron chi connectivity index (χ4n) is 1.77. The van der Waals surface area contributed by atoms with Gasteiger partial charge in [0.1, 0.15) is 0 Å². The molecule has 0 saturated carbocycles. The molecule has 1 atom stereocenters. The first kappa shape index (κ1) is 9.62. The molecule has 1 aromatic rings. The van der Waals surface area contributed by atoms with Crippen LogP contribution in [0, 0.1) is 0 Å². The van der Waals surface area contributed by atoms with Crippen LogP contribution in [-0.4, -0.2) is 17.7 Å². The van der Waals surface area contributed by atoms with E-state index in [1.807, 2.05) is 18.5 Å². The van der Waals surface area contributed by atoms with Crippen molar-refractivity contribution >= 4 is 0 Å². The molecule has 1 aliphatic rings. The van der Waals surface area contributed by atoms with Gasteiger partial charge in [0, 0.05) is 18.9 Å². The average Bonchev–Trinajstić information content (AvgIpc) is 2.29. The summed E-state index contributed by atoms with van der Waals surface area (Å²) in [6.07, 6.45) is 8.09. The molecule has 2 heterocycles. The third-order valence-electron chi connectivity index (χ3n) is 2.59. The highest BCUT2D eigenvalue weighted by molar-refractivity contribution is 5.07. The van der Waals surface area contributed by atoms with E-state index < -0.39 is 0 Å². The Bertz CT molecular complexity index is 254. The molecule has 14 heavy (non-hydrogen) atoms.